The molecule has 58 valence electrons. The van der Waals surface area contributed by atoms with E-state index in [0.717, 1.165) is 5.56 Å². The number of nitrogens with one attached hydrogen (secondary N) is 1. The van der Waals surface area contributed by atoms with E-state index in [2.05, 4.69) is 21.2 Å². The molecule has 0 unspecified atom stereocenters. The maximum Gasteiger partial charge on any atom is 0.287 e. The van der Waals surface area contributed by atoms with Gasteiger partial charge in [0.25, 0.3) is 4.82 Å². The molecule has 0 heterocycles. The van der Waals surface area contributed by atoms with Crippen LogP contribution in [0.1, 0.15) is 5.56 Å². The Morgan fingerprint density at radius 2 is 2.00 bits per heavy atom. The molecule has 11 heavy (non-hydrogen) atoms. The van der Waals surface area contributed by atoms with E-state index in [9.17, 15) is 4.79 Å². The predicted molar refractivity (Wildman–Crippen MR) is 47.6 cm³/mol. The summed E-state index contributed by atoms with van der Waals surface area (Å²) in [4.78, 5) is 10.2. The highest BCUT2D eigenvalue weighted by molar-refractivity contribution is 9.18. The van der Waals surface area contributed by atoms with Gasteiger partial charge in [0, 0.05) is 22.5 Å². The van der Waals surface area contributed by atoms with Crippen LogP contribution >= 0.6 is 15.9 Å². The Kier molecular flexibility index (Phi) is 3.11. The van der Waals surface area contributed by atoms with Crippen LogP contribution in [0.2, 0.25) is 0 Å². The lowest BCUT2D eigenvalue weighted by atomic mass is 10.2. The van der Waals surface area contributed by atoms with Crippen LogP contribution in [0.3, 0.4) is 0 Å². The predicted octanol–water partition coefficient (Wildman–Crippen LogP) is 2.29. The van der Waals surface area contributed by atoms with Gasteiger partial charge in [0.2, 0.25) is 0 Å². The molecule has 0 aliphatic heterocycles. The Morgan fingerprint density at radius 3 is 2.55 bits per heavy atom. The van der Waals surface area contributed by atoms with E-state index in [4.69, 9.17) is 0 Å². The first-order valence-corrected chi connectivity index (χ1v) is 4.05. The summed E-state index contributed by atoms with van der Waals surface area (Å²) in [5, 5.41) is 2.64. The lowest BCUT2D eigenvalue weighted by Crippen LogP contribution is -2.14. The van der Waals surface area contributed by atoms with E-state index < -0.39 is 0 Å². The molecule has 3 heteroatoms. The molecular formula is C8H8BrNO. The number of benzene rings is 1. The first kappa shape index (κ1) is 8.27. The van der Waals surface area contributed by atoms with Gasteiger partial charge in [-0.2, -0.15) is 0 Å². The van der Waals surface area contributed by atoms with Crippen LogP contribution in [0.5, 0.6) is 0 Å². The van der Waals surface area contributed by atoms with Gasteiger partial charge in [0.05, 0.1) is 0 Å². The third-order valence-electron chi connectivity index (χ3n) is 1.27. The minimum absolute atomic E-state index is 0.179. The van der Waals surface area contributed by atoms with Crippen molar-refractivity contribution in [3.05, 3.63) is 35.9 Å². The maximum atomic E-state index is 10.4. The second kappa shape index (κ2) is 4.13. The standard InChI is InChI=1S/C8H8BrNO/c9-8(11)10-6-7-4-2-1-3-5-7/h1-5H,6H2,(H,10,11). The van der Waals surface area contributed by atoms with Crippen molar-refractivity contribution in [1.82, 2.24) is 5.32 Å². The highest BCUT2D eigenvalue weighted by Gasteiger charge is 1.92. The fourth-order valence-corrected chi connectivity index (χ4v) is 0.908. The zero-order valence-corrected chi connectivity index (χ0v) is 7.47. The minimum atomic E-state index is -0.179. The van der Waals surface area contributed by atoms with Gasteiger partial charge in [-0.1, -0.05) is 30.3 Å². The van der Waals surface area contributed by atoms with Gasteiger partial charge in [0.1, 0.15) is 0 Å². The summed E-state index contributed by atoms with van der Waals surface area (Å²) in [5.41, 5.74) is 1.10. The van der Waals surface area contributed by atoms with Crippen LogP contribution in [0.4, 0.5) is 4.79 Å². The number of rotatable bonds is 2. The molecule has 2 nitrogen and oxygen atoms in total. The number of amides is 1. The molecule has 0 radical (unpaired) electrons. The molecule has 0 aromatic heterocycles. The maximum absolute atomic E-state index is 10.4. The molecule has 0 atom stereocenters. The molecule has 0 aliphatic carbocycles. The van der Waals surface area contributed by atoms with Crippen LogP contribution in [-0.4, -0.2) is 4.82 Å². The molecule has 1 aromatic carbocycles. The smallest absolute Gasteiger partial charge is 0.287 e. The van der Waals surface area contributed by atoms with Gasteiger partial charge in [0.15, 0.2) is 0 Å². The number of halogens is 1. The second-order valence-corrected chi connectivity index (χ2v) is 2.83. The summed E-state index contributed by atoms with van der Waals surface area (Å²) in [5.74, 6) is 0. The summed E-state index contributed by atoms with van der Waals surface area (Å²) >= 11 is 2.78. The van der Waals surface area contributed by atoms with Crippen molar-refractivity contribution in [2.24, 2.45) is 0 Å². The molecule has 0 saturated carbocycles. The summed E-state index contributed by atoms with van der Waals surface area (Å²) in [6, 6.07) is 9.75. The van der Waals surface area contributed by atoms with Crippen LogP contribution < -0.4 is 5.32 Å². The molecule has 0 spiro atoms. The summed E-state index contributed by atoms with van der Waals surface area (Å²) in [6.07, 6.45) is 0. The van der Waals surface area contributed by atoms with Gasteiger partial charge >= 0.3 is 0 Å². The Labute approximate surface area is 73.7 Å². The Bertz CT molecular complexity index is 235. The van der Waals surface area contributed by atoms with E-state index in [1.807, 2.05) is 30.3 Å². The Balaban J connectivity index is 2.45. The topological polar surface area (TPSA) is 29.1 Å². The van der Waals surface area contributed by atoms with E-state index >= 15 is 0 Å². The zero-order chi connectivity index (χ0) is 8.10. The number of carbonyl (C=O) groups excluding carboxylic acids is 1. The van der Waals surface area contributed by atoms with E-state index in [1.54, 1.807) is 0 Å². The second-order valence-electron chi connectivity index (χ2n) is 2.11. The van der Waals surface area contributed by atoms with Crippen LogP contribution in [-0.2, 0) is 6.54 Å². The summed E-state index contributed by atoms with van der Waals surface area (Å²) in [7, 11) is 0. The molecule has 1 N–H and O–H groups in total. The summed E-state index contributed by atoms with van der Waals surface area (Å²) in [6.45, 7) is 0.574. The van der Waals surface area contributed by atoms with Crippen molar-refractivity contribution in [1.29, 1.82) is 0 Å². The molecule has 0 saturated heterocycles. The Hall–Kier alpha value is -0.830. The Morgan fingerprint density at radius 1 is 1.36 bits per heavy atom. The minimum Gasteiger partial charge on any atom is -0.343 e. The molecule has 0 fully saturated rings. The van der Waals surface area contributed by atoms with Gasteiger partial charge in [-0.05, 0) is 5.56 Å². The highest BCUT2D eigenvalue weighted by Crippen LogP contribution is 1.97. The molecule has 1 rings (SSSR count). The average molecular weight is 214 g/mol. The fraction of sp³-hybridized carbons (Fsp3) is 0.125. The third-order valence-corrected chi connectivity index (χ3v) is 1.55. The van der Waals surface area contributed by atoms with Crippen molar-refractivity contribution in [3.8, 4) is 0 Å². The van der Waals surface area contributed by atoms with E-state index in [0.29, 0.717) is 6.54 Å². The van der Waals surface area contributed by atoms with Crippen LogP contribution in [0, 0.1) is 0 Å². The van der Waals surface area contributed by atoms with Crippen molar-refractivity contribution in [2.45, 2.75) is 6.54 Å². The third kappa shape index (κ3) is 3.18. The normalized spacial score (nSPS) is 9.18. The first-order chi connectivity index (χ1) is 5.29. The van der Waals surface area contributed by atoms with Gasteiger partial charge in [-0.3, -0.25) is 4.79 Å². The van der Waals surface area contributed by atoms with E-state index in [-0.39, 0.29) is 4.82 Å². The molecular weight excluding hydrogens is 206 g/mol. The lowest BCUT2D eigenvalue weighted by Gasteiger charge is -1.99. The monoisotopic (exact) mass is 213 g/mol. The van der Waals surface area contributed by atoms with Crippen molar-refractivity contribution in [3.63, 3.8) is 0 Å². The molecule has 1 amide bonds. The van der Waals surface area contributed by atoms with Gasteiger partial charge in [-0.15, -0.1) is 0 Å². The van der Waals surface area contributed by atoms with E-state index in [1.165, 1.54) is 0 Å². The number of carbonyl (C=O) groups is 1. The number of hydrogen-bond donors (Lipinski definition) is 1. The average Bonchev–Trinajstić information content (AvgIpc) is 2.03. The van der Waals surface area contributed by atoms with Crippen LogP contribution in [0.25, 0.3) is 0 Å². The quantitative estimate of drug-likeness (QED) is 0.593. The van der Waals surface area contributed by atoms with Gasteiger partial charge in [-0.25, -0.2) is 0 Å². The van der Waals surface area contributed by atoms with Gasteiger partial charge < -0.3 is 5.32 Å². The zero-order valence-electron chi connectivity index (χ0n) is 5.88. The molecule has 0 bridgehead atoms. The SMILES string of the molecule is O=C(Br)NCc1ccccc1. The molecule has 1 aromatic rings. The fourth-order valence-electron chi connectivity index (χ4n) is 0.767. The summed E-state index contributed by atoms with van der Waals surface area (Å²) < 4.78 is 0. The van der Waals surface area contributed by atoms with Crippen LogP contribution in [0.15, 0.2) is 30.3 Å². The van der Waals surface area contributed by atoms with Crippen molar-refractivity contribution in [2.75, 3.05) is 0 Å². The highest BCUT2D eigenvalue weighted by atomic mass is 79.9. The first-order valence-electron chi connectivity index (χ1n) is 3.26. The largest absolute Gasteiger partial charge is 0.343 e. The van der Waals surface area contributed by atoms with Crippen molar-refractivity contribution >= 4 is 20.7 Å². The van der Waals surface area contributed by atoms with Crippen molar-refractivity contribution < 1.29 is 4.79 Å². The lowest BCUT2D eigenvalue weighted by molar-refractivity contribution is 0.261. The molecule has 0 aliphatic rings. The number of hydrogen-bond acceptors (Lipinski definition) is 1.